The van der Waals surface area contributed by atoms with Gasteiger partial charge in [-0.05, 0) is 29.5 Å². The largest absolute Gasteiger partial charge is 0.206 e. The van der Waals surface area contributed by atoms with Crippen LogP contribution in [0.2, 0.25) is 0 Å². The number of rotatable bonds is 1. The Morgan fingerprint density at radius 3 is 2.06 bits per heavy atom. The highest BCUT2D eigenvalue weighted by Crippen LogP contribution is 2.34. The number of hydrogen-bond donors (Lipinski definition) is 0. The van der Waals surface area contributed by atoms with E-state index in [1.165, 1.54) is 11.6 Å². The molecule has 0 aromatic heterocycles. The second kappa shape index (κ2) is 4.56. The van der Waals surface area contributed by atoms with Crippen molar-refractivity contribution in [2.24, 2.45) is 0 Å². The molecule has 0 heterocycles. The molecular formula is C17H19F. The lowest BCUT2D eigenvalue weighted by molar-refractivity contribution is 0.576. The third-order valence-corrected chi connectivity index (χ3v) is 3.16. The highest BCUT2D eigenvalue weighted by atomic mass is 19.1. The fourth-order valence-electron chi connectivity index (χ4n) is 2.16. The summed E-state index contributed by atoms with van der Waals surface area (Å²) in [4.78, 5) is 0. The van der Waals surface area contributed by atoms with Crippen LogP contribution in [0, 0.1) is 12.7 Å². The van der Waals surface area contributed by atoms with Gasteiger partial charge in [-0.1, -0.05) is 62.7 Å². The summed E-state index contributed by atoms with van der Waals surface area (Å²) in [5.74, 6) is -0.147. The monoisotopic (exact) mass is 242 g/mol. The van der Waals surface area contributed by atoms with Gasteiger partial charge >= 0.3 is 0 Å². The summed E-state index contributed by atoms with van der Waals surface area (Å²) < 4.78 is 14.2. The Kier molecular flexibility index (Phi) is 3.25. The molecule has 1 heteroatoms. The maximum atomic E-state index is 14.2. The molecule has 0 aliphatic rings. The van der Waals surface area contributed by atoms with Crippen LogP contribution in [0.4, 0.5) is 4.39 Å². The highest BCUT2D eigenvalue weighted by Gasteiger charge is 2.21. The fraction of sp³-hybridized carbons (Fsp3) is 0.294. The van der Waals surface area contributed by atoms with Crippen LogP contribution >= 0.6 is 0 Å². The van der Waals surface area contributed by atoms with Gasteiger partial charge in [0, 0.05) is 5.56 Å². The van der Waals surface area contributed by atoms with Crippen molar-refractivity contribution in [2.45, 2.75) is 33.1 Å². The van der Waals surface area contributed by atoms with E-state index in [4.69, 9.17) is 0 Å². The molecule has 18 heavy (non-hydrogen) atoms. The highest BCUT2D eigenvalue weighted by molar-refractivity contribution is 5.69. The van der Waals surface area contributed by atoms with Crippen molar-refractivity contribution in [1.82, 2.24) is 0 Å². The maximum absolute atomic E-state index is 14.2. The first kappa shape index (κ1) is 12.8. The SMILES string of the molecule is Cc1ccc(-c2c(F)cccc2C(C)(C)C)cc1. The van der Waals surface area contributed by atoms with Crippen molar-refractivity contribution < 1.29 is 4.39 Å². The predicted molar refractivity (Wildman–Crippen MR) is 75.3 cm³/mol. The standard InChI is InChI=1S/C17H19F/c1-12-8-10-13(11-9-12)16-14(17(2,3)4)6-5-7-15(16)18/h5-11H,1-4H3. The topological polar surface area (TPSA) is 0 Å². The lowest BCUT2D eigenvalue weighted by atomic mass is 9.81. The van der Waals surface area contributed by atoms with Crippen LogP contribution in [0.5, 0.6) is 0 Å². The minimum absolute atomic E-state index is 0.0671. The van der Waals surface area contributed by atoms with E-state index in [1.54, 1.807) is 6.07 Å². The average molecular weight is 242 g/mol. The van der Waals surface area contributed by atoms with Gasteiger partial charge in [0.15, 0.2) is 0 Å². The minimum atomic E-state index is -0.147. The van der Waals surface area contributed by atoms with Crippen molar-refractivity contribution >= 4 is 0 Å². The molecule has 0 amide bonds. The van der Waals surface area contributed by atoms with E-state index >= 15 is 0 Å². The second-order valence-electron chi connectivity index (χ2n) is 5.78. The van der Waals surface area contributed by atoms with Gasteiger partial charge in [-0.15, -0.1) is 0 Å². The normalized spacial score (nSPS) is 11.6. The lowest BCUT2D eigenvalue weighted by Crippen LogP contribution is -2.13. The summed E-state index contributed by atoms with van der Waals surface area (Å²) in [6.07, 6.45) is 0. The van der Waals surface area contributed by atoms with E-state index in [0.717, 1.165) is 16.7 Å². The van der Waals surface area contributed by atoms with Gasteiger partial charge in [0.1, 0.15) is 5.82 Å². The van der Waals surface area contributed by atoms with Gasteiger partial charge in [0.25, 0.3) is 0 Å². The quantitative estimate of drug-likeness (QED) is 0.652. The van der Waals surface area contributed by atoms with Gasteiger partial charge in [0.2, 0.25) is 0 Å². The molecule has 2 rings (SSSR count). The fourth-order valence-corrected chi connectivity index (χ4v) is 2.16. The van der Waals surface area contributed by atoms with Crippen LogP contribution < -0.4 is 0 Å². The van der Waals surface area contributed by atoms with Crippen molar-refractivity contribution in [3.63, 3.8) is 0 Å². The zero-order valence-electron chi connectivity index (χ0n) is 11.4. The van der Waals surface area contributed by atoms with Gasteiger partial charge in [0.05, 0.1) is 0 Å². The van der Waals surface area contributed by atoms with Crippen molar-refractivity contribution in [3.05, 3.63) is 59.4 Å². The summed E-state index contributed by atoms with van der Waals surface area (Å²) >= 11 is 0. The molecule has 0 spiro atoms. The van der Waals surface area contributed by atoms with Crippen LogP contribution in [0.3, 0.4) is 0 Å². The van der Waals surface area contributed by atoms with Crippen molar-refractivity contribution in [2.75, 3.05) is 0 Å². The molecule has 0 aliphatic carbocycles. The first-order valence-electron chi connectivity index (χ1n) is 6.25. The Morgan fingerprint density at radius 1 is 0.889 bits per heavy atom. The Hall–Kier alpha value is -1.63. The molecule has 0 nitrogen and oxygen atoms in total. The molecular weight excluding hydrogens is 223 g/mol. The first-order valence-corrected chi connectivity index (χ1v) is 6.25. The van der Waals surface area contributed by atoms with E-state index in [0.29, 0.717) is 0 Å². The van der Waals surface area contributed by atoms with E-state index in [1.807, 2.05) is 37.3 Å². The smallest absolute Gasteiger partial charge is 0.131 e. The molecule has 94 valence electrons. The van der Waals surface area contributed by atoms with E-state index in [2.05, 4.69) is 20.8 Å². The number of hydrogen-bond acceptors (Lipinski definition) is 0. The Bertz CT molecular complexity index is 545. The minimum Gasteiger partial charge on any atom is -0.206 e. The molecule has 0 unspecified atom stereocenters. The molecule has 0 atom stereocenters. The first-order chi connectivity index (χ1) is 8.39. The molecule has 0 fully saturated rings. The number of benzene rings is 2. The van der Waals surface area contributed by atoms with Crippen molar-refractivity contribution in [1.29, 1.82) is 0 Å². The zero-order valence-corrected chi connectivity index (χ0v) is 11.4. The summed E-state index contributed by atoms with van der Waals surface area (Å²) in [6, 6.07) is 13.4. The summed E-state index contributed by atoms with van der Waals surface area (Å²) in [5, 5.41) is 0. The van der Waals surface area contributed by atoms with E-state index in [-0.39, 0.29) is 11.2 Å². The molecule has 0 N–H and O–H groups in total. The molecule has 0 radical (unpaired) electrons. The van der Waals surface area contributed by atoms with E-state index < -0.39 is 0 Å². The molecule has 0 bridgehead atoms. The van der Waals surface area contributed by atoms with Gasteiger partial charge < -0.3 is 0 Å². The maximum Gasteiger partial charge on any atom is 0.131 e. The summed E-state index contributed by atoms with van der Waals surface area (Å²) in [6.45, 7) is 8.37. The molecule has 2 aromatic carbocycles. The van der Waals surface area contributed by atoms with Gasteiger partial charge in [-0.25, -0.2) is 4.39 Å². The van der Waals surface area contributed by atoms with Crippen LogP contribution in [0.1, 0.15) is 31.9 Å². The van der Waals surface area contributed by atoms with Gasteiger partial charge in [-0.2, -0.15) is 0 Å². The van der Waals surface area contributed by atoms with Crippen LogP contribution in [-0.2, 0) is 5.41 Å². The van der Waals surface area contributed by atoms with Gasteiger partial charge in [-0.3, -0.25) is 0 Å². The van der Waals surface area contributed by atoms with Crippen LogP contribution in [-0.4, -0.2) is 0 Å². The van der Waals surface area contributed by atoms with Crippen LogP contribution in [0.25, 0.3) is 11.1 Å². The zero-order chi connectivity index (χ0) is 13.3. The lowest BCUT2D eigenvalue weighted by Gasteiger charge is -2.23. The van der Waals surface area contributed by atoms with Crippen molar-refractivity contribution in [3.8, 4) is 11.1 Å². The third-order valence-electron chi connectivity index (χ3n) is 3.16. The number of aryl methyl sites for hydroxylation is 1. The predicted octanol–water partition coefficient (Wildman–Crippen LogP) is 5.10. The average Bonchev–Trinajstić information content (AvgIpc) is 2.29. The Morgan fingerprint density at radius 2 is 1.50 bits per heavy atom. The number of halogens is 1. The summed E-state index contributed by atoms with van der Waals surface area (Å²) in [7, 11) is 0. The molecule has 2 aromatic rings. The third kappa shape index (κ3) is 2.45. The Balaban J connectivity index is 2.66. The van der Waals surface area contributed by atoms with Crippen LogP contribution in [0.15, 0.2) is 42.5 Å². The summed E-state index contributed by atoms with van der Waals surface area (Å²) in [5.41, 5.74) is 3.84. The molecule has 0 saturated carbocycles. The second-order valence-corrected chi connectivity index (χ2v) is 5.78. The van der Waals surface area contributed by atoms with E-state index in [9.17, 15) is 4.39 Å². The Labute approximate surface area is 108 Å². The molecule has 0 saturated heterocycles. The molecule has 0 aliphatic heterocycles.